The lowest BCUT2D eigenvalue weighted by atomic mass is 10.1. The number of hydrogen-bond donors (Lipinski definition) is 1. The zero-order valence-corrected chi connectivity index (χ0v) is 15.8. The highest BCUT2D eigenvalue weighted by Gasteiger charge is 2.14. The summed E-state index contributed by atoms with van der Waals surface area (Å²) >= 11 is 6.02. The van der Waals surface area contributed by atoms with Gasteiger partial charge in [0.1, 0.15) is 5.75 Å². The lowest BCUT2D eigenvalue weighted by Crippen LogP contribution is -2.14. The molecule has 1 heterocycles. The number of nitrogens with zero attached hydrogens (tertiary/aromatic N) is 2. The maximum Gasteiger partial charge on any atom is 0.276 e. The van der Waals surface area contributed by atoms with Crippen molar-refractivity contribution in [2.24, 2.45) is 0 Å². The fraction of sp³-hybridized carbons (Fsp3) is 0.238. The average Bonchev–Trinajstić information content (AvgIpc) is 3.31. The van der Waals surface area contributed by atoms with Crippen LogP contribution in [0.5, 0.6) is 5.75 Å². The van der Waals surface area contributed by atoms with Gasteiger partial charge in [-0.1, -0.05) is 17.7 Å². The summed E-state index contributed by atoms with van der Waals surface area (Å²) in [7, 11) is 0. The zero-order valence-electron chi connectivity index (χ0n) is 15.0. The van der Waals surface area contributed by atoms with E-state index in [9.17, 15) is 4.79 Å². The number of hydrogen-bond acceptors (Lipinski definition) is 3. The number of rotatable bonds is 5. The van der Waals surface area contributed by atoms with Crippen LogP contribution in [0.15, 0.2) is 48.7 Å². The molecule has 1 amide bonds. The quantitative estimate of drug-likeness (QED) is 0.701. The summed E-state index contributed by atoms with van der Waals surface area (Å²) in [5.74, 6) is 0.477. The number of nitrogens with one attached hydrogen (secondary N) is 1. The summed E-state index contributed by atoms with van der Waals surface area (Å²) in [4.78, 5) is 12.4. The summed E-state index contributed by atoms with van der Waals surface area (Å²) in [5.41, 5.74) is 4.82. The van der Waals surface area contributed by atoms with Crippen LogP contribution in [0.2, 0.25) is 5.02 Å². The molecule has 1 N–H and O–H groups in total. The second-order valence-corrected chi connectivity index (χ2v) is 7.12. The molecule has 6 heteroatoms. The third kappa shape index (κ3) is 3.98. The third-order valence-electron chi connectivity index (χ3n) is 4.72. The fourth-order valence-corrected chi connectivity index (χ4v) is 3.36. The van der Waals surface area contributed by atoms with Gasteiger partial charge in [0.15, 0.2) is 12.4 Å². The van der Waals surface area contributed by atoms with Gasteiger partial charge >= 0.3 is 0 Å². The summed E-state index contributed by atoms with van der Waals surface area (Å²) in [6.07, 6.45) is 5.11. The Morgan fingerprint density at radius 1 is 1.19 bits per heavy atom. The molecule has 0 saturated heterocycles. The highest BCUT2D eigenvalue weighted by Crippen LogP contribution is 2.25. The van der Waals surface area contributed by atoms with E-state index in [-0.39, 0.29) is 12.6 Å². The zero-order chi connectivity index (χ0) is 18.8. The molecule has 0 radical (unpaired) electrons. The molecule has 0 atom stereocenters. The van der Waals surface area contributed by atoms with E-state index in [1.807, 2.05) is 19.1 Å². The molecule has 0 aliphatic heterocycles. The second-order valence-electron chi connectivity index (χ2n) is 6.72. The van der Waals surface area contributed by atoms with E-state index in [4.69, 9.17) is 16.3 Å². The minimum absolute atomic E-state index is 0.215. The first-order valence-electron chi connectivity index (χ1n) is 8.94. The molecule has 3 aromatic rings. The number of anilines is 1. The molecular weight excluding hydrogens is 362 g/mol. The molecule has 0 spiro atoms. The summed E-state index contributed by atoms with van der Waals surface area (Å²) in [5, 5.41) is 7.91. The number of carbonyl (C=O) groups is 1. The van der Waals surface area contributed by atoms with Crippen LogP contribution in [-0.4, -0.2) is 15.7 Å². The molecule has 138 valence electrons. The van der Waals surface area contributed by atoms with Crippen molar-refractivity contribution in [1.29, 1.82) is 0 Å². The standard InChI is InChI=1S/C21H20ClN3O2/c1-14-11-18(7-8-19(14)22)27-13-25-10-9-20(24-25)21(26)23-17-6-5-15-3-2-4-16(15)12-17/h5-12H,2-4,13H2,1H3,(H,23,26). The summed E-state index contributed by atoms with van der Waals surface area (Å²) < 4.78 is 7.28. The Bertz CT molecular complexity index is 997. The van der Waals surface area contributed by atoms with Crippen molar-refractivity contribution in [3.63, 3.8) is 0 Å². The number of halogens is 1. The van der Waals surface area contributed by atoms with Crippen molar-refractivity contribution in [2.75, 3.05) is 5.32 Å². The van der Waals surface area contributed by atoms with Gasteiger partial charge in [-0.3, -0.25) is 4.79 Å². The SMILES string of the molecule is Cc1cc(OCn2ccc(C(=O)Nc3ccc4c(c3)CCC4)n2)ccc1Cl. The first-order valence-corrected chi connectivity index (χ1v) is 9.32. The van der Waals surface area contributed by atoms with E-state index in [0.717, 1.165) is 24.1 Å². The number of fused-ring (bicyclic) bond motifs is 1. The Labute approximate surface area is 162 Å². The number of ether oxygens (including phenoxy) is 1. The second kappa shape index (κ2) is 7.45. The smallest absolute Gasteiger partial charge is 0.276 e. The van der Waals surface area contributed by atoms with Crippen LogP contribution in [0, 0.1) is 6.92 Å². The highest BCUT2D eigenvalue weighted by atomic mass is 35.5. The van der Waals surface area contributed by atoms with Crippen molar-refractivity contribution in [3.05, 3.63) is 76.1 Å². The van der Waals surface area contributed by atoms with E-state index in [1.54, 1.807) is 29.1 Å². The van der Waals surface area contributed by atoms with Crippen molar-refractivity contribution < 1.29 is 9.53 Å². The molecule has 27 heavy (non-hydrogen) atoms. The number of aromatic nitrogens is 2. The van der Waals surface area contributed by atoms with Crippen LogP contribution in [0.3, 0.4) is 0 Å². The van der Waals surface area contributed by atoms with Crippen LogP contribution in [0.4, 0.5) is 5.69 Å². The molecule has 1 aliphatic rings. The van der Waals surface area contributed by atoms with E-state index in [0.29, 0.717) is 16.5 Å². The molecular formula is C21H20ClN3O2. The van der Waals surface area contributed by atoms with Crippen molar-refractivity contribution in [1.82, 2.24) is 9.78 Å². The highest BCUT2D eigenvalue weighted by molar-refractivity contribution is 6.31. The van der Waals surface area contributed by atoms with E-state index < -0.39 is 0 Å². The van der Waals surface area contributed by atoms with E-state index in [2.05, 4.69) is 22.5 Å². The molecule has 1 aromatic heterocycles. The van der Waals surface area contributed by atoms with E-state index >= 15 is 0 Å². The Hall–Kier alpha value is -2.79. The maximum atomic E-state index is 12.4. The minimum atomic E-state index is -0.228. The largest absolute Gasteiger partial charge is 0.471 e. The van der Waals surface area contributed by atoms with Crippen molar-refractivity contribution in [3.8, 4) is 5.75 Å². The van der Waals surface area contributed by atoms with Crippen LogP contribution < -0.4 is 10.1 Å². The van der Waals surface area contributed by atoms with Gasteiger partial charge in [0.25, 0.3) is 5.91 Å². The molecule has 0 fully saturated rings. The topological polar surface area (TPSA) is 56.1 Å². The number of amides is 1. The molecule has 4 rings (SSSR count). The van der Waals surface area contributed by atoms with Gasteiger partial charge in [-0.2, -0.15) is 5.10 Å². The van der Waals surface area contributed by atoms with Crippen molar-refractivity contribution >= 4 is 23.2 Å². The van der Waals surface area contributed by atoms with Crippen LogP contribution in [0.25, 0.3) is 0 Å². The average molecular weight is 382 g/mol. The molecule has 2 aromatic carbocycles. The third-order valence-corrected chi connectivity index (χ3v) is 5.15. The fourth-order valence-electron chi connectivity index (χ4n) is 3.25. The Morgan fingerprint density at radius 2 is 2.04 bits per heavy atom. The molecule has 0 unspecified atom stereocenters. The Kier molecular flexibility index (Phi) is 4.86. The van der Waals surface area contributed by atoms with Gasteiger partial charge in [0.05, 0.1) is 0 Å². The van der Waals surface area contributed by atoms with Gasteiger partial charge < -0.3 is 10.1 Å². The van der Waals surface area contributed by atoms with Crippen LogP contribution in [0.1, 0.15) is 33.6 Å². The first kappa shape index (κ1) is 17.6. The van der Waals surface area contributed by atoms with Gasteiger partial charge in [0, 0.05) is 16.9 Å². The maximum absolute atomic E-state index is 12.4. The normalized spacial score (nSPS) is 12.7. The minimum Gasteiger partial charge on any atom is -0.471 e. The van der Waals surface area contributed by atoms with Crippen molar-refractivity contribution in [2.45, 2.75) is 32.9 Å². The predicted octanol–water partition coefficient (Wildman–Crippen LogP) is 4.62. The van der Waals surface area contributed by atoms with Gasteiger partial charge in [-0.25, -0.2) is 4.68 Å². The lowest BCUT2D eigenvalue weighted by Gasteiger charge is -2.08. The molecule has 1 aliphatic carbocycles. The lowest BCUT2D eigenvalue weighted by molar-refractivity contribution is 0.102. The van der Waals surface area contributed by atoms with E-state index in [1.165, 1.54) is 17.5 Å². The summed E-state index contributed by atoms with van der Waals surface area (Å²) in [6, 6.07) is 13.3. The van der Waals surface area contributed by atoms with Gasteiger partial charge in [-0.15, -0.1) is 0 Å². The molecule has 0 saturated carbocycles. The van der Waals surface area contributed by atoms with Gasteiger partial charge in [0.2, 0.25) is 0 Å². The number of carbonyl (C=O) groups excluding carboxylic acids is 1. The Morgan fingerprint density at radius 3 is 2.89 bits per heavy atom. The Balaban J connectivity index is 1.38. The molecule has 0 bridgehead atoms. The predicted molar refractivity (Wildman–Crippen MR) is 105 cm³/mol. The monoisotopic (exact) mass is 381 g/mol. The number of benzene rings is 2. The number of aryl methyl sites for hydroxylation is 3. The van der Waals surface area contributed by atoms with Crippen LogP contribution >= 0.6 is 11.6 Å². The first-order chi connectivity index (χ1) is 13.1. The van der Waals surface area contributed by atoms with Gasteiger partial charge in [-0.05, 0) is 79.3 Å². The van der Waals surface area contributed by atoms with Crippen LogP contribution in [-0.2, 0) is 19.6 Å². The summed E-state index contributed by atoms with van der Waals surface area (Å²) in [6.45, 7) is 2.14. The molecule has 5 nitrogen and oxygen atoms in total.